The molecule has 0 unspecified atom stereocenters. The second-order valence-corrected chi connectivity index (χ2v) is 8.81. The van der Waals surface area contributed by atoms with Gasteiger partial charge in [0.1, 0.15) is 10.4 Å². The summed E-state index contributed by atoms with van der Waals surface area (Å²) in [6.45, 7) is 5.67. The SMILES string of the molecule is Cc1nn(-c2ccccc2)c2sc(C(=O)NCCN3C(=O)N(C)C(C)(C)C3=O)cc12. The van der Waals surface area contributed by atoms with E-state index in [4.69, 9.17) is 0 Å². The lowest BCUT2D eigenvalue weighted by Gasteiger charge is -2.22. The summed E-state index contributed by atoms with van der Waals surface area (Å²) in [4.78, 5) is 41.4. The Hall–Kier alpha value is -3.20. The van der Waals surface area contributed by atoms with Gasteiger partial charge < -0.3 is 10.2 Å². The second kappa shape index (κ2) is 7.24. The number of likely N-dealkylation sites (N-methyl/N-ethyl adjacent to an activating group) is 1. The molecular weight excluding hydrogens is 402 g/mol. The van der Waals surface area contributed by atoms with Crippen LogP contribution in [0, 0.1) is 6.92 Å². The fourth-order valence-corrected chi connectivity index (χ4v) is 4.55. The zero-order valence-electron chi connectivity index (χ0n) is 17.3. The van der Waals surface area contributed by atoms with Crippen molar-refractivity contribution in [2.45, 2.75) is 26.3 Å². The quantitative estimate of drug-likeness (QED) is 0.637. The highest BCUT2D eigenvalue weighted by Gasteiger charge is 2.48. The summed E-state index contributed by atoms with van der Waals surface area (Å²) >= 11 is 1.36. The molecule has 0 radical (unpaired) electrons. The summed E-state index contributed by atoms with van der Waals surface area (Å²) in [6, 6.07) is 11.2. The van der Waals surface area contributed by atoms with Crippen LogP contribution >= 0.6 is 11.3 Å². The van der Waals surface area contributed by atoms with E-state index >= 15 is 0 Å². The van der Waals surface area contributed by atoms with Gasteiger partial charge >= 0.3 is 6.03 Å². The summed E-state index contributed by atoms with van der Waals surface area (Å²) in [5.41, 5.74) is 0.915. The minimum absolute atomic E-state index is 0.138. The van der Waals surface area contributed by atoms with E-state index in [1.807, 2.05) is 48.0 Å². The third-order valence-electron chi connectivity index (χ3n) is 5.52. The van der Waals surface area contributed by atoms with Gasteiger partial charge in [-0.15, -0.1) is 11.3 Å². The second-order valence-electron chi connectivity index (χ2n) is 7.78. The van der Waals surface area contributed by atoms with E-state index in [0.717, 1.165) is 21.6 Å². The van der Waals surface area contributed by atoms with Crippen LogP contribution in [-0.2, 0) is 4.79 Å². The van der Waals surface area contributed by atoms with Gasteiger partial charge in [0.2, 0.25) is 0 Å². The Kier molecular flexibility index (Phi) is 4.85. The van der Waals surface area contributed by atoms with Crippen LogP contribution in [0.25, 0.3) is 15.9 Å². The topological polar surface area (TPSA) is 87.5 Å². The third kappa shape index (κ3) is 3.15. The molecule has 9 heteroatoms. The predicted octanol–water partition coefficient (Wildman–Crippen LogP) is 2.80. The number of hydrogen-bond acceptors (Lipinski definition) is 5. The van der Waals surface area contributed by atoms with Crippen LogP contribution in [0.3, 0.4) is 0 Å². The Morgan fingerprint density at radius 2 is 1.90 bits per heavy atom. The van der Waals surface area contributed by atoms with E-state index in [1.54, 1.807) is 20.9 Å². The number of para-hydroxylation sites is 1. The smallest absolute Gasteiger partial charge is 0.327 e. The number of aromatic nitrogens is 2. The number of rotatable bonds is 5. The highest BCUT2D eigenvalue weighted by molar-refractivity contribution is 7.20. The van der Waals surface area contributed by atoms with Crippen LogP contribution in [0.15, 0.2) is 36.4 Å². The standard InChI is InChI=1S/C21H23N5O3S/c1-13-15-12-16(30-18(15)26(23-13)14-8-6-5-7-9-14)17(27)22-10-11-25-19(28)21(2,3)24(4)20(25)29/h5-9,12H,10-11H2,1-4H3,(H,22,27). The number of benzene rings is 1. The predicted molar refractivity (Wildman–Crippen MR) is 115 cm³/mol. The Bertz CT molecular complexity index is 1150. The maximum absolute atomic E-state index is 12.7. The highest BCUT2D eigenvalue weighted by Crippen LogP contribution is 2.30. The van der Waals surface area contributed by atoms with Gasteiger partial charge in [-0.25, -0.2) is 9.48 Å². The number of carbonyl (C=O) groups is 3. The Balaban J connectivity index is 1.47. The zero-order chi connectivity index (χ0) is 21.6. The number of aryl methyl sites for hydroxylation is 1. The molecule has 3 aromatic rings. The normalized spacial score (nSPS) is 16.0. The molecule has 4 rings (SSSR count). The molecule has 1 N–H and O–H groups in total. The van der Waals surface area contributed by atoms with Gasteiger partial charge in [-0.2, -0.15) is 5.10 Å². The molecule has 0 bridgehead atoms. The van der Waals surface area contributed by atoms with E-state index in [2.05, 4.69) is 10.4 Å². The lowest BCUT2D eigenvalue weighted by molar-refractivity contribution is -0.131. The molecule has 1 fully saturated rings. The fraction of sp³-hybridized carbons (Fsp3) is 0.333. The molecule has 1 aliphatic rings. The molecule has 1 aliphatic heterocycles. The van der Waals surface area contributed by atoms with Crippen molar-refractivity contribution in [2.75, 3.05) is 20.1 Å². The number of imide groups is 1. The molecule has 1 aromatic carbocycles. The first kappa shape index (κ1) is 20.1. The van der Waals surface area contributed by atoms with Crippen molar-refractivity contribution in [1.82, 2.24) is 24.9 Å². The number of amides is 4. The molecular formula is C21H23N5O3S. The van der Waals surface area contributed by atoms with Crippen molar-refractivity contribution >= 4 is 39.4 Å². The third-order valence-corrected chi connectivity index (χ3v) is 6.62. The lowest BCUT2D eigenvalue weighted by Crippen LogP contribution is -2.42. The van der Waals surface area contributed by atoms with Crippen molar-refractivity contribution in [3.8, 4) is 5.69 Å². The summed E-state index contributed by atoms with van der Waals surface area (Å²) in [6.07, 6.45) is 0. The first-order chi connectivity index (χ1) is 14.2. The van der Waals surface area contributed by atoms with Crippen molar-refractivity contribution < 1.29 is 14.4 Å². The molecule has 156 valence electrons. The average Bonchev–Trinajstić information content (AvgIpc) is 3.34. The minimum Gasteiger partial charge on any atom is -0.350 e. The summed E-state index contributed by atoms with van der Waals surface area (Å²) in [5, 5.41) is 8.33. The van der Waals surface area contributed by atoms with Gasteiger partial charge in [-0.3, -0.25) is 14.5 Å². The minimum atomic E-state index is -0.868. The van der Waals surface area contributed by atoms with Crippen molar-refractivity contribution in [3.63, 3.8) is 0 Å². The van der Waals surface area contributed by atoms with E-state index in [0.29, 0.717) is 4.88 Å². The number of nitrogens with one attached hydrogen (secondary N) is 1. The number of fused-ring (bicyclic) bond motifs is 1. The Morgan fingerprint density at radius 1 is 1.20 bits per heavy atom. The molecule has 0 spiro atoms. The molecule has 0 saturated carbocycles. The Labute approximate surface area is 178 Å². The van der Waals surface area contributed by atoms with Gasteiger partial charge in [-0.1, -0.05) is 18.2 Å². The van der Waals surface area contributed by atoms with Gasteiger partial charge in [-0.05, 0) is 39.0 Å². The molecule has 30 heavy (non-hydrogen) atoms. The molecule has 3 heterocycles. The average molecular weight is 426 g/mol. The molecule has 4 amide bonds. The largest absolute Gasteiger partial charge is 0.350 e. The molecule has 8 nitrogen and oxygen atoms in total. The first-order valence-corrected chi connectivity index (χ1v) is 10.5. The summed E-state index contributed by atoms with van der Waals surface area (Å²) in [5.74, 6) is -0.494. The van der Waals surface area contributed by atoms with Crippen molar-refractivity contribution in [3.05, 3.63) is 47.0 Å². The number of thiophene rings is 1. The van der Waals surface area contributed by atoms with Crippen LogP contribution in [-0.4, -0.2) is 63.1 Å². The Morgan fingerprint density at radius 3 is 2.53 bits per heavy atom. The van der Waals surface area contributed by atoms with Gasteiger partial charge in [0.25, 0.3) is 11.8 Å². The van der Waals surface area contributed by atoms with E-state index < -0.39 is 5.54 Å². The van der Waals surface area contributed by atoms with Gasteiger partial charge in [0.05, 0.1) is 16.3 Å². The van der Waals surface area contributed by atoms with Gasteiger partial charge in [0.15, 0.2) is 0 Å². The highest BCUT2D eigenvalue weighted by atomic mass is 32.1. The molecule has 1 saturated heterocycles. The lowest BCUT2D eigenvalue weighted by atomic mass is 10.1. The summed E-state index contributed by atoms with van der Waals surface area (Å²) in [7, 11) is 1.61. The number of carbonyl (C=O) groups excluding carboxylic acids is 3. The molecule has 0 atom stereocenters. The number of hydrogen-bond donors (Lipinski definition) is 1. The van der Waals surface area contributed by atoms with Crippen LogP contribution in [0.4, 0.5) is 4.79 Å². The van der Waals surface area contributed by atoms with Crippen LogP contribution in [0.2, 0.25) is 0 Å². The van der Waals surface area contributed by atoms with Crippen molar-refractivity contribution in [1.29, 1.82) is 0 Å². The van der Waals surface area contributed by atoms with Crippen LogP contribution < -0.4 is 5.32 Å². The first-order valence-electron chi connectivity index (χ1n) is 9.64. The fourth-order valence-electron chi connectivity index (χ4n) is 3.45. The van der Waals surface area contributed by atoms with E-state index in [9.17, 15) is 14.4 Å². The van der Waals surface area contributed by atoms with Crippen molar-refractivity contribution in [2.24, 2.45) is 0 Å². The van der Waals surface area contributed by atoms with E-state index in [-0.39, 0.29) is 30.9 Å². The van der Waals surface area contributed by atoms with Gasteiger partial charge in [0, 0.05) is 25.5 Å². The van der Waals surface area contributed by atoms with Crippen LogP contribution in [0.5, 0.6) is 0 Å². The molecule has 0 aliphatic carbocycles. The maximum Gasteiger partial charge on any atom is 0.327 e. The number of urea groups is 1. The molecule has 2 aromatic heterocycles. The zero-order valence-corrected chi connectivity index (χ0v) is 18.1. The number of nitrogens with zero attached hydrogens (tertiary/aromatic N) is 4. The monoisotopic (exact) mass is 425 g/mol. The van der Waals surface area contributed by atoms with Crippen LogP contribution in [0.1, 0.15) is 29.2 Å². The maximum atomic E-state index is 12.7. The summed E-state index contributed by atoms with van der Waals surface area (Å²) < 4.78 is 1.84. The van der Waals surface area contributed by atoms with E-state index in [1.165, 1.54) is 21.1 Å².